The SMILES string of the molecule is Cc1nc(N(C)C)c2ncn([C@@H]3O[C@](CCl)(COP(=S)(N[C@H](C)C(=O)OC(C)C)Oc4cccc5ccccc45)[C@@H](O)[C@@H]3F)c2n1. The lowest BCUT2D eigenvalue weighted by molar-refractivity contribution is -0.149. The van der Waals surface area contributed by atoms with Crippen molar-refractivity contribution in [3.05, 3.63) is 54.6 Å². The number of esters is 1. The van der Waals surface area contributed by atoms with Crippen LogP contribution in [0.3, 0.4) is 0 Å². The Morgan fingerprint density at radius 3 is 2.65 bits per heavy atom. The number of fused-ring (bicyclic) bond motifs is 2. The average Bonchev–Trinajstić information content (AvgIpc) is 3.53. The molecule has 0 saturated carbocycles. The maximum atomic E-state index is 16.0. The van der Waals surface area contributed by atoms with Crippen LogP contribution in [-0.2, 0) is 30.6 Å². The molecule has 2 aromatic heterocycles. The van der Waals surface area contributed by atoms with Gasteiger partial charge in [0.2, 0.25) is 0 Å². The van der Waals surface area contributed by atoms with Crippen LogP contribution in [0.25, 0.3) is 21.9 Å². The summed E-state index contributed by atoms with van der Waals surface area (Å²) in [5, 5.41) is 15.9. The number of hydrogen-bond acceptors (Lipinski definition) is 11. The highest BCUT2D eigenvalue weighted by atomic mass is 35.5. The highest BCUT2D eigenvalue weighted by molar-refractivity contribution is 8.09. The van der Waals surface area contributed by atoms with Gasteiger partial charge in [0.1, 0.15) is 29.3 Å². The zero-order chi connectivity index (χ0) is 33.4. The van der Waals surface area contributed by atoms with E-state index in [0.717, 1.165) is 10.8 Å². The van der Waals surface area contributed by atoms with Crippen LogP contribution in [0.4, 0.5) is 10.2 Å². The summed E-state index contributed by atoms with van der Waals surface area (Å²) in [5.41, 5.74) is -0.999. The molecule has 0 amide bonds. The number of nitrogens with zero attached hydrogens (tertiary/aromatic N) is 5. The minimum Gasteiger partial charge on any atom is -0.462 e. The van der Waals surface area contributed by atoms with Crippen molar-refractivity contribution in [2.45, 2.75) is 63.9 Å². The molecule has 2 N–H and O–H groups in total. The zero-order valence-corrected chi connectivity index (χ0v) is 28.7. The van der Waals surface area contributed by atoms with Gasteiger partial charge >= 0.3 is 12.6 Å². The Morgan fingerprint density at radius 1 is 1.24 bits per heavy atom. The van der Waals surface area contributed by atoms with Crippen LogP contribution in [0.2, 0.25) is 0 Å². The summed E-state index contributed by atoms with van der Waals surface area (Å²) in [4.78, 5) is 27.8. The first-order chi connectivity index (χ1) is 21.8. The highest BCUT2D eigenvalue weighted by Crippen LogP contribution is 2.50. The van der Waals surface area contributed by atoms with E-state index in [0.29, 0.717) is 28.6 Å². The number of imidazole rings is 1. The summed E-state index contributed by atoms with van der Waals surface area (Å²) in [6.45, 7) is 2.64. The number of aliphatic hydroxyl groups excluding tert-OH is 1. The highest BCUT2D eigenvalue weighted by Gasteiger charge is 2.57. The second kappa shape index (κ2) is 13.6. The third-order valence-corrected chi connectivity index (χ3v) is 10.3. The number of aromatic nitrogens is 4. The standard InChI is InChI=1S/C30H37ClFN6O6PS/c1-17(2)42-29(40)18(3)36-45(46,44-22-13-9-11-20-10-7-8-12-21(20)22)41-15-30(14-31)25(39)23(32)28(43-30)38-16-33-24-26(37(5)6)34-19(4)35-27(24)38/h7-13,16-18,23,25,28,39H,14-15H2,1-6H3,(H,36,46)/t18-,23+,25+,28-,30-,45?/m1/s1. The van der Waals surface area contributed by atoms with E-state index < -0.39 is 49.4 Å². The molecule has 1 aliphatic heterocycles. The molecular weight excluding hydrogens is 658 g/mol. The van der Waals surface area contributed by atoms with Gasteiger partial charge in [-0.2, -0.15) is 0 Å². The van der Waals surface area contributed by atoms with E-state index in [4.69, 9.17) is 41.9 Å². The summed E-state index contributed by atoms with van der Waals surface area (Å²) in [6.07, 6.45) is -4.00. The number of anilines is 1. The number of hydrogen-bond donors (Lipinski definition) is 2. The molecule has 16 heteroatoms. The molecule has 0 bridgehead atoms. The number of ether oxygens (including phenoxy) is 2. The minimum atomic E-state index is -3.63. The van der Waals surface area contributed by atoms with Gasteiger partial charge in [0, 0.05) is 19.5 Å². The number of nitrogens with one attached hydrogen (secondary N) is 1. The number of halogens is 2. The zero-order valence-electron chi connectivity index (χ0n) is 26.3. The summed E-state index contributed by atoms with van der Waals surface area (Å²) in [7, 11) is 3.62. The third-order valence-electron chi connectivity index (χ3n) is 7.41. The lowest BCUT2D eigenvalue weighted by atomic mass is 9.99. The number of rotatable bonds is 12. The van der Waals surface area contributed by atoms with E-state index >= 15 is 4.39 Å². The van der Waals surface area contributed by atoms with Crippen LogP contribution in [0.5, 0.6) is 5.75 Å². The first-order valence-corrected chi connectivity index (χ1v) is 17.8. The van der Waals surface area contributed by atoms with Crippen LogP contribution < -0.4 is 14.5 Å². The molecule has 2 aromatic carbocycles. The van der Waals surface area contributed by atoms with E-state index in [9.17, 15) is 9.90 Å². The van der Waals surface area contributed by atoms with Crippen LogP contribution in [0, 0.1) is 6.92 Å². The third kappa shape index (κ3) is 6.84. The van der Waals surface area contributed by atoms with Gasteiger partial charge in [-0.3, -0.25) is 9.36 Å². The number of alkyl halides is 2. The summed E-state index contributed by atoms with van der Waals surface area (Å²) in [6, 6.07) is 12.1. The lowest BCUT2D eigenvalue weighted by Gasteiger charge is -2.33. The Labute approximate surface area is 276 Å². The molecule has 4 aromatic rings. The first-order valence-electron chi connectivity index (χ1n) is 14.6. The van der Waals surface area contributed by atoms with Gasteiger partial charge in [-0.1, -0.05) is 36.4 Å². The Morgan fingerprint density at radius 2 is 1.96 bits per heavy atom. The Kier molecular flexibility index (Phi) is 10.2. The lowest BCUT2D eigenvalue weighted by Crippen LogP contribution is -2.48. The Bertz CT molecular complexity index is 1780. The maximum Gasteiger partial charge on any atom is 0.323 e. The number of aryl methyl sites for hydroxylation is 1. The minimum absolute atomic E-state index is 0.325. The van der Waals surface area contributed by atoms with Crippen molar-refractivity contribution in [2.24, 2.45) is 0 Å². The molecule has 248 valence electrons. The van der Waals surface area contributed by atoms with E-state index in [-0.39, 0.29) is 12.0 Å². The van der Waals surface area contributed by atoms with Crippen molar-refractivity contribution in [1.29, 1.82) is 0 Å². The topological polar surface area (TPSA) is 133 Å². The molecule has 6 atom stereocenters. The maximum absolute atomic E-state index is 16.0. The van der Waals surface area contributed by atoms with E-state index in [2.05, 4.69) is 20.0 Å². The van der Waals surface area contributed by atoms with Crippen LogP contribution >= 0.6 is 18.2 Å². The number of carbonyl (C=O) groups is 1. The van der Waals surface area contributed by atoms with Gasteiger partial charge in [-0.05, 0) is 51.0 Å². The average molecular weight is 695 g/mol. The molecule has 0 aliphatic carbocycles. The fourth-order valence-corrected chi connectivity index (χ4v) is 7.86. The fraction of sp³-hybridized carbons (Fsp3) is 0.467. The smallest absolute Gasteiger partial charge is 0.323 e. The monoisotopic (exact) mass is 694 g/mol. The Hall–Kier alpha value is -2.97. The molecule has 12 nitrogen and oxygen atoms in total. The van der Waals surface area contributed by atoms with Crippen molar-refractivity contribution in [1.82, 2.24) is 24.6 Å². The summed E-state index contributed by atoms with van der Waals surface area (Å²) < 4.78 is 41.5. The molecule has 5 rings (SSSR count). The largest absolute Gasteiger partial charge is 0.462 e. The quantitative estimate of drug-likeness (QED) is 0.120. The van der Waals surface area contributed by atoms with Crippen LogP contribution in [0.1, 0.15) is 32.8 Å². The van der Waals surface area contributed by atoms with Crippen molar-refractivity contribution in [3.63, 3.8) is 0 Å². The van der Waals surface area contributed by atoms with E-state index in [1.54, 1.807) is 44.7 Å². The van der Waals surface area contributed by atoms with Crippen LogP contribution in [-0.4, -0.2) is 87.2 Å². The predicted octanol–water partition coefficient (Wildman–Crippen LogP) is 4.81. The van der Waals surface area contributed by atoms with Gasteiger partial charge in [-0.25, -0.2) is 24.4 Å². The van der Waals surface area contributed by atoms with Crippen molar-refractivity contribution in [2.75, 3.05) is 31.5 Å². The van der Waals surface area contributed by atoms with Crippen molar-refractivity contribution < 1.29 is 32.8 Å². The Balaban J connectivity index is 1.46. The number of carbonyl (C=O) groups excluding carboxylic acids is 1. The van der Waals surface area contributed by atoms with Gasteiger partial charge in [0.25, 0.3) is 0 Å². The van der Waals surface area contributed by atoms with Gasteiger partial charge < -0.3 is 28.5 Å². The molecule has 3 heterocycles. The molecule has 1 saturated heterocycles. The fourth-order valence-electron chi connectivity index (χ4n) is 5.12. The van der Waals surface area contributed by atoms with Crippen molar-refractivity contribution in [3.8, 4) is 5.75 Å². The van der Waals surface area contributed by atoms with E-state index in [1.807, 2.05) is 44.4 Å². The molecule has 1 unspecified atom stereocenters. The summed E-state index contributed by atoms with van der Waals surface area (Å²) in [5.74, 6) is 0.474. The van der Waals surface area contributed by atoms with Gasteiger partial charge in [0.15, 0.2) is 29.4 Å². The second-order valence-electron chi connectivity index (χ2n) is 11.6. The molecule has 46 heavy (non-hydrogen) atoms. The van der Waals surface area contributed by atoms with Crippen LogP contribution in [0.15, 0.2) is 48.8 Å². The number of benzene rings is 2. The number of aliphatic hydroxyl groups is 1. The van der Waals surface area contributed by atoms with Crippen molar-refractivity contribution >= 4 is 63.8 Å². The molecular formula is C30H37ClFN6O6PS. The van der Waals surface area contributed by atoms with E-state index in [1.165, 1.54) is 10.9 Å². The van der Waals surface area contributed by atoms with Gasteiger partial charge in [0.05, 0.1) is 24.9 Å². The second-order valence-corrected chi connectivity index (χ2v) is 15.0. The first kappa shape index (κ1) is 34.4. The van der Waals surface area contributed by atoms with Gasteiger partial charge in [-0.15, -0.1) is 11.6 Å². The molecule has 1 aliphatic rings. The molecule has 1 fully saturated rings. The molecule has 0 spiro atoms. The summed E-state index contributed by atoms with van der Waals surface area (Å²) >= 11 is 12.3. The molecule has 0 radical (unpaired) electrons. The predicted molar refractivity (Wildman–Crippen MR) is 178 cm³/mol. The normalized spacial score (nSPS) is 23.5.